The molecule has 0 aliphatic heterocycles. The van der Waals surface area contributed by atoms with E-state index in [-0.39, 0.29) is 0 Å². The van der Waals surface area contributed by atoms with E-state index in [4.69, 9.17) is 4.42 Å². The number of hydrogen-bond donors (Lipinski definition) is 1. The molecule has 1 atom stereocenters. The monoisotopic (exact) mass is 309 g/mol. The molecular formula is C18H19N3O2. The molecule has 2 aromatic carbocycles. The Morgan fingerprint density at radius 1 is 1.00 bits per heavy atom. The van der Waals surface area contributed by atoms with Crippen molar-refractivity contribution in [2.24, 2.45) is 0 Å². The van der Waals surface area contributed by atoms with Gasteiger partial charge in [-0.1, -0.05) is 36.4 Å². The zero-order valence-electron chi connectivity index (χ0n) is 13.0. The fraction of sp³-hybridized carbons (Fsp3) is 0.222. The smallest absolute Gasteiger partial charge is 0.247 e. The molecule has 0 radical (unpaired) electrons. The lowest BCUT2D eigenvalue weighted by Crippen LogP contribution is -2.30. The van der Waals surface area contributed by atoms with Crippen LogP contribution in [0.15, 0.2) is 65.1 Å². The Morgan fingerprint density at radius 2 is 1.65 bits per heavy atom. The number of aliphatic hydroxyl groups is 1. The Balaban J connectivity index is 1.79. The van der Waals surface area contributed by atoms with Crippen LogP contribution in [0.1, 0.15) is 12.8 Å². The first-order valence-corrected chi connectivity index (χ1v) is 7.58. The van der Waals surface area contributed by atoms with Crippen LogP contribution in [0, 0.1) is 0 Å². The van der Waals surface area contributed by atoms with Crippen molar-refractivity contribution in [2.75, 3.05) is 11.4 Å². The summed E-state index contributed by atoms with van der Waals surface area (Å²) in [6.45, 7) is 2.71. The molecule has 0 spiro atoms. The minimum absolute atomic E-state index is 0.452. The van der Waals surface area contributed by atoms with Gasteiger partial charge in [0.2, 0.25) is 11.8 Å². The second-order valence-corrected chi connectivity index (χ2v) is 5.43. The van der Waals surface area contributed by atoms with Crippen LogP contribution in [0.3, 0.4) is 0 Å². The predicted molar refractivity (Wildman–Crippen MR) is 88.9 cm³/mol. The van der Waals surface area contributed by atoms with E-state index in [2.05, 4.69) is 10.2 Å². The maximum absolute atomic E-state index is 9.74. The van der Waals surface area contributed by atoms with Gasteiger partial charge in [0.05, 0.1) is 12.6 Å². The number of aromatic nitrogens is 2. The number of benzene rings is 2. The third-order valence-corrected chi connectivity index (χ3v) is 3.42. The molecule has 1 unspecified atom stereocenters. The minimum atomic E-state index is -0.452. The van der Waals surface area contributed by atoms with Gasteiger partial charge in [-0.3, -0.25) is 0 Å². The highest BCUT2D eigenvalue weighted by Gasteiger charge is 2.15. The first kappa shape index (κ1) is 15.2. The van der Waals surface area contributed by atoms with Crippen LogP contribution in [0.5, 0.6) is 0 Å². The van der Waals surface area contributed by atoms with E-state index in [1.807, 2.05) is 65.6 Å². The zero-order valence-corrected chi connectivity index (χ0v) is 13.0. The molecule has 1 heterocycles. The SMILES string of the molecule is CC(O)CN(Cc1nnc(-c2ccccc2)o1)c1ccccc1. The fourth-order valence-corrected chi connectivity index (χ4v) is 2.40. The zero-order chi connectivity index (χ0) is 16.1. The van der Waals surface area contributed by atoms with Crippen molar-refractivity contribution in [2.45, 2.75) is 19.6 Å². The molecule has 0 amide bonds. The lowest BCUT2D eigenvalue weighted by atomic mass is 10.2. The normalized spacial score (nSPS) is 12.1. The Kier molecular flexibility index (Phi) is 4.68. The van der Waals surface area contributed by atoms with Crippen LogP contribution in [0.2, 0.25) is 0 Å². The van der Waals surface area contributed by atoms with Crippen molar-refractivity contribution in [1.29, 1.82) is 0 Å². The highest BCUT2D eigenvalue weighted by atomic mass is 16.4. The number of aliphatic hydroxyl groups excluding tert-OH is 1. The van der Waals surface area contributed by atoms with Gasteiger partial charge in [0.1, 0.15) is 0 Å². The maximum Gasteiger partial charge on any atom is 0.247 e. The summed E-state index contributed by atoms with van der Waals surface area (Å²) in [7, 11) is 0. The van der Waals surface area contributed by atoms with E-state index < -0.39 is 6.10 Å². The van der Waals surface area contributed by atoms with Gasteiger partial charge in [0.25, 0.3) is 0 Å². The second-order valence-electron chi connectivity index (χ2n) is 5.43. The molecule has 1 N–H and O–H groups in total. The maximum atomic E-state index is 9.74. The average molecular weight is 309 g/mol. The summed E-state index contributed by atoms with van der Waals surface area (Å²) >= 11 is 0. The number of rotatable bonds is 6. The summed E-state index contributed by atoms with van der Waals surface area (Å²) < 4.78 is 5.76. The first-order chi connectivity index (χ1) is 11.2. The Hall–Kier alpha value is -2.66. The molecule has 0 bridgehead atoms. The molecule has 0 saturated carbocycles. The molecule has 23 heavy (non-hydrogen) atoms. The molecule has 3 aromatic rings. The van der Waals surface area contributed by atoms with Crippen molar-refractivity contribution in [3.05, 3.63) is 66.6 Å². The van der Waals surface area contributed by atoms with Gasteiger partial charge in [0, 0.05) is 17.8 Å². The third-order valence-electron chi connectivity index (χ3n) is 3.42. The van der Waals surface area contributed by atoms with E-state index in [1.54, 1.807) is 6.92 Å². The van der Waals surface area contributed by atoms with Crippen molar-refractivity contribution in [3.8, 4) is 11.5 Å². The fourth-order valence-electron chi connectivity index (χ4n) is 2.40. The molecule has 5 heteroatoms. The van der Waals surface area contributed by atoms with Crippen LogP contribution >= 0.6 is 0 Å². The highest BCUT2D eigenvalue weighted by molar-refractivity contribution is 5.52. The standard InChI is InChI=1S/C18H19N3O2/c1-14(22)12-21(16-10-6-3-7-11-16)13-17-19-20-18(23-17)15-8-4-2-5-9-15/h2-11,14,22H,12-13H2,1H3. The van der Waals surface area contributed by atoms with Gasteiger partial charge >= 0.3 is 0 Å². The van der Waals surface area contributed by atoms with Crippen LogP contribution in [-0.4, -0.2) is 28.0 Å². The summed E-state index contributed by atoms with van der Waals surface area (Å²) in [4.78, 5) is 2.02. The summed E-state index contributed by atoms with van der Waals surface area (Å²) in [5.74, 6) is 1.03. The molecule has 0 aliphatic carbocycles. The van der Waals surface area contributed by atoms with Gasteiger partial charge < -0.3 is 14.4 Å². The number of hydrogen-bond acceptors (Lipinski definition) is 5. The molecule has 5 nitrogen and oxygen atoms in total. The quantitative estimate of drug-likeness (QED) is 0.758. The van der Waals surface area contributed by atoms with Crippen molar-refractivity contribution in [1.82, 2.24) is 10.2 Å². The minimum Gasteiger partial charge on any atom is -0.419 e. The summed E-state index contributed by atoms with van der Waals surface area (Å²) in [6, 6.07) is 19.6. The van der Waals surface area contributed by atoms with E-state index in [0.717, 1.165) is 11.3 Å². The van der Waals surface area contributed by atoms with E-state index >= 15 is 0 Å². The Morgan fingerprint density at radius 3 is 2.30 bits per heavy atom. The summed E-state index contributed by atoms with van der Waals surface area (Å²) in [5.41, 5.74) is 1.90. The third kappa shape index (κ3) is 3.96. The molecule has 0 aliphatic rings. The number of para-hydroxylation sites is 1. The first-order valence-electron chi connectivity index (χ1n) is 7.58. The summed E-state index contributed by atoms with van der Waals surface area (Å²) in [6.07, 6.45) is -0.452. The molecule has 0 fully saturated rings. The van der Waals surface area contributed by atoms with Gasteiger partial charge in [-0.15, -0.1) is 10.2 Å². The van der Waals surface area contributed by atoms with Gasteiger partial charge in [-0.2, -0.15) is 0 Å². The average Bonchev–Trinajstić information content (AvgIpc) is 3.04. The van der Waals surface area contributed by atoms with E-state index in [9.17, 15) is 5.11 Å². The van der Waals surface area contributed by atoms with Crippen LogP contribution in [0.25, 0.3) is 11.5 Å². The van der Waals surface area contributed by atoms with Gasteiger partial charge in [-0.05, 0) is 31.2 Å². The second kappa shape index (κ2) is 7.07. The van der Waals surface area contributed by atoms with Crippen LogP contribution < -0.4 is 4.90 Å². The Labute approximate surface area is 135 Å². The van der Waals surface area contributed by atoms with E-state index in [0.29, 0.717) is 24.9 Å². The van der Waals surface area contributed by atoms with E-state index in [1.165, 1.54) is 0 Å². The molecule has 0 saturated heterocycles. The van der Waals surface area contributed by atoms with Crippen molar-refractivity contribution in [3.63, 3.8) is 0 Å². The van der Waals surface area contributed by atoms with Crippen molar-refractivity contribution >= 4 is 5.69 Å². The van der Waals surface area contributed by atoms with Gasteiger partial charge in [0.15, 0.2) is 0 Å². The lowest BCUT2D eigenvalue weighted by molar-refractivity contribution is 0.199. The lowest BCUT2D eigenvalue weighted by Gasteiger charge is -2.24. The molecular weight excluding hydrogens is 290 g/mol. The number of nitrogens with zero attached hydrogens (tertiary/aromatic N) is 3. The molecule has 3 rings (SSSR count). The van der Waals surface area contributed by atoms with Gasteiger partial charge in [-0.25, -0.2) is 0 Å². The largest absolute Gasteiger partial charge is 0.419 e. The molecule has 118 valence electrons. The number of anilines is 1. The topological polar surface area (TPSA) is 62.4 Å². The van der Waals surface area contributed by atoms with Crippen LogP contribution in [-0.2, 0) is 6.54 Å². The summed E-state index contributed by atoms with van der Waals surface area (Å²) in [5, 5.41) is 18.0. The highest BCUT2D eigenvalue weighted by Crippen LogP contribution is 2.20. The Bertz CT molecular complexity index is 726. The predicted octanol–water partition coefficient (Wildman–Crippen LogP) is 3.12. The van der Waals surface area contributed by atoms with Crippen LogP contribution in [0.4, 0.5) is 5.69 Å². The van der Waals surface area contributed by atoms with Crippen molar-refractivity contribution < 1.29 is 9.52 Å². The molecule has 1 aromatic heterocycles.